The summed E-state index contributed by atoms with van der Waals surface area (Å²) in [5.41, 5.74) is -2.08. The Bertz CT molecular complexity index is 1760. The molecule has 8 fully saturated rings. The van der Waals surface area contributed by atoms with E-state index < -0.39 is 166 Å². The van der Waals surface area contributed by atoms with Gasteiger partial charge in [0.15, 0.2) is 18.9 Å². The average Bonchev–Trinajstić information content (AvgIpc) is 3.50. The van der Waals surface area contributed by atoms with Gasteiger partial charge in [-0.05, 0) is 86.5 Å². The Labute approximate surface area is 386 Å². The lowest BCUT2D eigenvalue weighted by Gasteiger charge is -2.64. The molecular weight excluding hydrogens is 896 g/mol. The first-order valence-corrected chi connectivity index (χ1v) is 23.4. The van der Waals surface area contributed by atoms with E-state index in [1.165, 1.54) is 0 Å². The zero-order valence-electron chi connectivity index (χ0n) is 37.5. The molecule has 23 nitrogen and oxygen atoms in total. The number of rotatable bonds is 12. The Morgan fingerprint density at radius 2 is 1.07 bits per heavy atom. The summed E-state index contributed by atoms with van der Waals surface area (Å²) in [6, 6.07) is 0. The summed E-state index contributed by atoms with van der Waals surface area (Å²) in [6.07, 6.45) is -28.7. The van der Waals surface area contributed by atoms with Gasteiger partial charge < -0.3 is 109 Å². The minimum Gasteiger partial charge on any atom is -0.432 e. The van der Waals surface area contributed by atoms with Gasteiger partial charge in [0.25, 0.3) is 0 Å². The van der Waals surface area contributed by atoms with Crippen LogP contribution < -0.4 is 0 Å². The Morgan fingerprint density at radius 1 is 0.567 bits per heavy atom. The Kier molecular flexibility index (Phi) is 15.0. The number of carbonyl (C=O) groups excluding carboxylic acids is 1. The van der Waals surface area contributed by atoms with Crippen LogP contribution >= 0.6 is 0 Å². The SMILES string of the molecule is C=C1C[C@@]23CC[C@@H]4[C@@](C)(CCC[C@@]4(C)C(=O)O[C@H]4O[C@@H](CO)[C@H](O)[C@@H](O)[C@@H]4O)[C@@H]2CC[C@]1(O[C@@H]1O[C@H](CO)[C@@H](O)[C@H](O[C@@H]2O[C@H](CO)[C@@H](O)[C@H](O)[C@@H]2O[C@@H]2O[C@H](CO)[C@@H](O)[C@H](O)[C@@H]2O)[C@@H]1O)C3. The van der Waals surface area contributed by atoms with E-state index in [0.29, 0.717) is 51.4 Å². The van der Waals surface area contributed by atoms with Crippen molar-refractivity contribution >= 4 is 5.97 Å². The molecule has 0 amide bonds. The number of carbonyl (C=O) groups is 1. The molecule has 23 heteroatoms. The molecule has 2 bridgehead atoms. The van der Waals surface area contributed by atoms with Gasteiger partial charge in [-0.2, -0.15) is 0 Å². The largest absolute Gasteiger partial charge is 0.432 e. The van der Waals surface area contributed by atoms with Crippen LogP contribution in [0.4, 0.5) is 0 Å². The maximum Gasteiger partial charge on any atom is 0.314 e. The lowest BCUT2D eigenvalue weighted by Crippen LogP contribution is -2.67. The monoisotopic (exact) mass is 966 g/mol. The molecule has 384 valence electrons. The highest BCUT2D eigenvalue weighted by molar-refractivity contribution is 5.77. The van der Waals surface area contributed by atoms with Crippen LogP contribution in [0, 0.1) is 28.1 Å². The first kappa shape index (κ1) is 51.7. The second kappa shape index (κ2) is 19.4. The number of hydrogen-bond donors (Lipinski definition) is 14. The summed E-state index contributed by atoms with van der Waals surface area (Å²) in [5, 5.41) is 148. The van der Waals surface area contributed by atoms with Crippen molar-refractivity contribution in [3.8, 4) is 0 Å². The van der Waals surface area contributed by atoms with Gasteiger partial charge in [0.1, 0.15) is 97.7 Å². The van der Waals surface area contributed by atoms with Crippen LogP contribution in [-0.2, 0) is 42.7 Å². The van der Waals surface area contributed by atoms with E-state index in [-0.39, 0.29) is 22.7 Å². The minimum atomic E-state index is -1.95. The van der Waals surface area contributed by atoms with Crippen LogP contribution in [0.2, 0.25) is 0 Å². The second-order valence-corrected chi connectivity index (χ2v) is 20.8. The fourth-order valence-electron chi connectivity index (χ4n) is 13.5. The first-order valence-electron chi connectivity index (χ1n) is 23.4. The van der Waals surface area contributed by atoms with E-state index in [1.54, 1.807) is 0 Å². The molecule has 14 N–H and O–H groups in total. The average molecular weight is 967 g/mol. The summed E-state index contributed by atoms with van der Waals surface area (Å²) < 4.78 is 47.2. The van der Waals surface area contributed by atoms with E-state index in [2.05, 4.69) is 13.5 Å². The molecule has 0 aromatic rings. The van der Waals surface area contributed by atoms with Gasteiger partial charge in [0, 0.05) is 0 Å². The molecule has 67 heavy (non-hydrogen) atoms. The number of fused-ring (bicyclic) bond motifs is 3. The topological polar surface area (TPSA) is 374 Å². The third-order valence-electron chi connectivity index (χ3n) is 17.1. The highest BCUT2D eigenvalue weighted by atomic mass is 16.8. The van der Waals surface area contributed by atoms with E-state index in [9.17, 15) is 76.3 Å². The molecule has 0 unspecified atom stereocenters. The second-order valence-electron chi connectivity index (χ2n) is 20.8. The van der Waals surface area contributed by atoms with Gasteiger partial charge in [0.05, 0.1) is 37.4 Å². The standard InChI is InChI=1S/C44H70O23/c1-17-11-43-9-5-22-41(2,7-4-8-42(22,3)40(59)66-37-32(57)29(54)25(50)19(13-46)61-37)23(43)6-10-44(17,16-43)67-38-33(58)34(27(52)21(15-48)62-38)64-39-35(30(55)26(51)20(14-47)63-39)65-36-31(56)28(53)24(49)18(12-45)60-36/h18-39,45-58H,1,4-16H2,2-3H3/t18-,19+,20-,21-,22-,23+,24-,25+,26-,27-,28+,29-,30+,31+,32+,33+,34+,35+,36+,37-,38+,39+,41-,42-,43-,44+/m1/s1. The molecule has 4 saturated heterocycles. The van der Waals surface area contributed by atoms with Crippen LogP contribution in [0.3, 0.4) is 0 Å². The van der Waals surface area contributed by atoms with Crippen molar-refractivity contribution in [1.29, 1.82) is 0 Å². The molecule has 4 saturated carbocycles. The summed E-state index contributed by atoms with van der Waals surface area (Å²) in [4.78, 5) is 14.2. The predicted octanol–water partition coefficient (Wildman–Crippen LogP) is -5.11. The van der Waals surface area contributed by atoms with Gasteiger partial charge >= 0.3 is 5.97 Å². The number of aliphatic hydroxyl groups excluding tert-OH is 14. The summed E-state index contributed by atoms with van der Waals surface area (Å²) in [6.45, 7) is 5.41. The van der Waals surface area contributed by atoms with Crippen molar-refractivity contribution < 1.29 is 114 Å². The minimum absolute atomic E-state index is 0.0695. The van der Waals surface area contributed by atoms with E-state index in [4.69, 9.17) is 37.9 Å². The molecule has 0 radical (unpaired) electrons. The number of ether oxygens (including phenoxy) is 8. The van der Waals surface area contributed by atoms with Crippen LogP contribution in [0.1, 0.15) is 71.6 Å². The molecule has 0 aromatic carbocycles. The fourth-order valence-corrected chi connectivity index (χ4v) is 13.5. The smallest absolute Gasteiger partial charge is 0.314 e. The fraction of sp³-hybridized carbons (Fsp3) is 0.932. The molecule has 4 heterocycles. The highest BCUT2D eigenvalue weighted by Crippen LogP contribution is 2.73. The molecule has 4 aliphatic carbocycles. The summed E-state index contributed by atoms with van der Waals surface area (Å²) >= 11 is 0. The first-order chi connectivity index (χ1) is 31.6. The van der Waals surface area contributed by atoms with Gasteiger partial charge in [-0.15, -0.1) is 0 Å². The van der Waals surface area contributed by atoms with E-state index in [1.807, 2.05) is 6.92 Å². The molecule has 4 aliphatic heterocycles. The zero-order valence-corrected chi connectivity index (χ0v) is 37.5. The summed E-state index contributed by atoms with van der Waals surface area (Å²) in [5.74, 6) is -0.713. The van der Waals surface area contributed by atoms with Gasteiger partial charge in [-0.25, -0.2) is 0 Å². The lowest BCUT2D eigenvalue weighted by molar-refractivity contribution is -0.392. The molecule has 1 spiro atoms. The van der Waals surface area contributed by atoms with Crippen LogP contribution in [-0.4, -0.2) is 232 Å². The molecule has 8 aliphatic rings. The summed E-state index contributed by atoms with van der Waals surface area (Å²) in [7, 11) is 0. The molecule has 26 atom stereocenters. The van der Waals surface area contributed by atoms with E-state index in [0.717, 1.165) is 12.0 Å². The highest BCUT2D eigenvalue weighted by Gasteiger charge is 2.69. The van der Waals surface area contributed by atoms with Crippen molar-refractivity contribution in [3.63, 3.8) is 0 Å². The quantitative estimate of drug-likeness (QED) is 0.0494. The van der Waals surface area contributed by atoms with Gasteiger partial charge in [-0.3, -0.25) is 4.79 Å². The van der Waals surface area contributed by atoms with Crippen LogP contribution in [0.15, 0.2) is 12.2 Å². The van der Waals surface area contributed by atoms with Crippen molar-refractivity contribution in [2.45, 2.75) is 200 Å². The molecule has 0 aromatic heterocycles. The third-order valence-corrected chi connectivity index (χ3v) is 17.1. The van der Waals surface area contributed by atoms with Crippen molar-refractivity contribution in [1.82, 2.24) is 0 Å². The maximum absolute atomic E-state index is 14.2. The third kappa shape index (κ3) is 8.63. The van der Waals surface area contributed by atoms with Crippen molar-refractivity contribution in [2.75, 3.05) is 26.4 Å². The Balaban J connectivity index is 0.991. The maximum atomic E-state index is 14.2. The Morgan fingerprint density at radius 3 is 1.69 bits per heavy atom. The number of hydrogen-bond acceptors (Lipinski definition) is 23. The predicted molar refractivity (Wildman–Crippen MR) is 219 cm³/mol. The normalized spacial score (nSPS) is 54.5. The van der Waals surface area contributed by atoms with Crippen molar-refractivity contribution in [2.24, 2.45) is 28.1 Å². The molecule has 8 rings (SSSR count). The van der Waals surface area contributed by atoms with Gasteiger partial charge in [0.2, 0.25) is 6.29 Å². The Hall–Kier alpha value is -1.63. The number of aliphatic hydroxyl groups is 14. The van der Waals surface area contributed by atoms with E-state index >= 15 is 0 Å². The lowest BCUT2D eigenvalue weighted by atomic mass is 9.41. The van der Waals surface area contributed by atoms with Crippen molar-refractivity contribution in [3.05, 3.63) is 12.2 Å². The number of esters is 1. The van der Waals surface area contributed by atoms with Gasteiger partial charge in [-0.1, -0.05) is 19.9 Å². The zero-order chi connectivity index (χ0) is 48.7. The van der Waals surface area contributed by atoms with Crippen LogP contribution in [0.5, 0.6) is 0 Å². The van der Waals surface area contributed by atoms with Crippen LogP contribution in [0.25, 0.3) is 0 Å². The molecular formula is C44H70O23.